The molecule has 4 aromatic rings. The Hall–Kier alpha value is -3.67. The Morgan fingerprint density at radius 3 is 2.62 bits per heavy atom. The zero-order chi connectivity index (χ0) is 20.2. The average molecular weight is 386 g/mol. The molecule has 6 heteroatoms. The third-order valence-electron chi connectivity index (χ3n) is 4.95. The number of carbonyl (C=O) groups excluding carboxylic acids is 1. The van der Waals surface area contributed by atoms with Crippen LogP contribution in [0.3, 0.4) is 0 Å². The minimum atomic E-state index is -0.299. The van der Waals surface area contributed by atoms with Gasteiger partial charge >= 0.3 is 0 Å². The van der Waals surface area contributed by atoms with E-state index in [2.05, 4.69) is 15.4 Å². The Labute approximate surface area is 169 Å². The molecule has 2 heterocycles. The number of rotatable bonds is 6. The number of pyridine rings is 1. The molecule has 0 unspecified atom stereocenters. The van der Waals surface area contributed by atoms with Gasteiger partial charge < -0.3 is 10.1 Å². The van der Waals surface area contributed by atoms with Crippen LogP contribution in [-0.2, 0) is 11.3 Å². The third-order valence-corrected chi connectivity index (χ3v) is 4.95. The standard InChI is InChI=1S/C23H22N4O2/c1-16(18-3-4-20-14-21(29-2)6-5-19(20)13-18)23(28)25-22-9-12-27(26-22)15-17-7-10-24-11-8-17/h3-14,16H,15H2,1-2H3,(H,25,26,28)/t16-/m0/s1. The van der Waals surface area contributed by atoms with Crippen LogP contribution in [0.5, 0.6) is 5.75 Å². The molecule has 0 aliphatic rings. The fourth-order valence-electron chi connectivity index (χ4n) is 3.22. The number of hydrogen-bond donors (Lipinski definition) is 1. The first kappa shape index (κ1) is 18.7. The maximum absolute atomic E-state index is 12.7. The molecule has 6 nitrogen and oxygen atoms in total. The SMILES string of the molecule is COc1ccc2cc([C@H](C)C(=O)Nc3ccn(Cc4ccncc4)n3)ccc2c1. The minimum absolute atomic E-state index is 0.0907. The summed E-state index contributed by atoms with van der Waals surface area (Å²) in [5.41, 5.74) is 2.05. The molecule has 0 radical (unpaired) electrons. The van der Waals surface area contributed by atoms with E-state index in [0.717, 1.165) is 27.6 Å². The van der Waals surface area contributed by atoms with E-state index in [9.17, 15) is 4.79 Å². The molecule has 0 saturated heterocycles. The van der Waals surface area contributed by atoms with Gasteiger partial charge in [-0.3, -0.25) is 14.5 Å². The molecule has 2 aromatic heterocycles. The lowest BCUT2D eigenvalue weighted by atomic mass is 9.97. The van der Waals surface area contributed by atoms with Gasteiger partial charge in [-0.05, 0) is 53.1 Å². The van der Waals surface area contributed by atoms with Crippen LogP contribution in [0.15, 0.2) is 73.2 Å². The molecule has 0 saturated carbocycles. The van der Waals surface area contributed by atoms with Gasteiger partial charge in [0, 0.05) is 24.7 Å². The molecule has 0 aliphatic carbocycles. The average Bonchev–Trinajstić information content (AvgIpc) is 3.19. The summed E-state index contributed by atoms with van der Waals surface area (Å²) in [6, 6.07) is 17.6. The quantitative estimate of drug-likeness (QED) is 0.538. The van der Waals surface area contributed by atoms with Crippen molar-refractivity contribution in [2.45, 2.75) is 19.4 Å². The van der Waals surface area contributed by atoms with E-state index in [0.29, 0.717) is 12.4 Å². The summed E-state index contributed by atoms with van der Waals surface area (Å²) in [5, 5.41) is 9.50. The largest absolute Gasteiger partial charge is 0.497 e. The first-order chi connectivity index (χ1) is 14.1. The van der Waals surface area contributed by atoms with Gasteiger partial charge in [0.25, 0.3) is 0 Å². The van der Waals surface area contributed by atoms with E-state index < -0.39 is 0 Å². The van der Waals surface area contributed by atoms with E-state index in [1.807, 2.05) is 61.7 Å². The van der Waals surface area contributed by atoms with Crippen molar-refractivity contribution >= 4 is 22.5 Å². The predicted molar refractivity (Wildman–Crippen MR) is 113 cm³/mol. The number of hydrogen-bond acceptors (Lipinski definition) is 4. The van der Waals surface area contributed by atoms with E-state index in [1.54, 1.807) is 30.3 Å². The van der Waals surface area contributed by atoms with Crippen LogP contribution in [0.1, 0.15) is 24.0 Å². The van der Waals surface area contributed by atoms with Gasteiger partial charge in [0.1, 0.15) is 5.75 Å². The molecule has 0 aliphatic heterocycles. The van der Waals surface area contributed by atoms with Crippen LogP contribution in [0.2, 0.25) is 0 Å². The molecule has 1 atom stereocenters. The van der Waals surface area contributed by atoms with Crippen LogP contribution in [0, 0.1) is 0 Å². The lowest BCUT2D eigenvalue weighted by Gasteiger charge is -2.12. The maximum atomic E-state index is 12.7. The summed E-state index contributed by atoms with van der Waals surface area (Å²) < 4.78 is 7.06. The smallest absolute Gasteiger partial charge is 0.232 e. The Kier molecular flexibility index (Phi) is 5.24. The number of fused-ring (bicyclic) bond motifs is 1. The Balaban J connectivity index is 1.45. The Morgan fingerprint density at radius 2 is 1.83 bits per heavy atom. The van der Waals surface area contributed by atoms with Crippen molar-refractivity contribution < 1.29 is 9.53 Å². The van der Waals surface area contributed by atoms with Gasteiger partial charge in [0.05, 0.1) is 19.6 Å². The van der Waals surface area contributed by atoms with E-state index in [-0.39, 0.29) is 11.8 Å². The molecule has 2 aromatic carbocycles. The number of aromatic nitrogens is 3. The number of nitrogens with one attached hydrogen (secondary N) is 1. The highest BCUT2D eigenvalue weighted by Crippen LogP contribution is 2.25. The topological polar surface area (TPSA) is 69.0 Å². The highest BCUT2D eigenvalue weighted by molar-refractivity contribution is 5.95. The van der Waals surface area contributed by atoms with Gasteiger partial charge in [-0.1, -0.05) is 24.3 Å². The van der Waals surface area contributed by atoms with Crippen LogP contribution in [-0.4, -0.2) is 27.8 Å². The molecule has 29 heavy (non-hydrogen) atoms. The minimum Gasteiger partial charge on any atom is -0.497 e. The first-order valence-electron chi connectivity index (χ1n) is 9.43. The molecular weight excluding hydrogens is 364 g/mol. The summed E-state index contributed by atoms with van der Waals surface area (Å²) in [7, 11) is 1.65. The predicted octanol–water partition coefficient (Wildman–Crippen LogP) is 4.23. The fraction of sp³-hybridized carbons (Fsp3) is 0.174. The number of benzene rings is 2. The number of methoxy groups -OCH3 is 1. The number of carbonyl (C=O) groups is 1. The normalized spacial score (nSPS) is 11.9. The molecule has 146 valence electrons. The van der Waals surface area contributed by atoms with Crippen molar-refractivity contribution in [1.29, 1.82) is 0 Å². The summed E-state index contributed by atoms with van der Waals surface area (Å²) in [4.78, 5) is 16.7. The highest BCUT2D eigenvalue weighted by atomic mass is 16.5. The van der Waals surface area contributed by atoms with E-state index >= 15 is 0 Å². The van der Waals surface area contributed by atoms with Crippen LogP contribution >= 0.6 is 0 Å². The van der Waals surface area contributed by atoms with Crippen molar-refractivity contribution in [2.75, 3.05) is 12.4 Å². The van der Waals surface area contributed by atoms with Crippen molar-refractivity contribution in [3.05, 3.63) is 84.3 Å². The first-order valence-corrected chi connectivity index (χ1v) is 9.43. The zero-order valence-corrected chi connectivity index (χ0v) is 16.4. The fourth-order valence-corrected chi connectivity index (χ4v) is 3.22. The molecule has 0 fully saturated rings. The van der Waals surface area contributed by atoms with Crippen molar-refractivity contribution in [2.24, 2.45) is 0 Å². The van der Waals surface area contributed by atoms with Gasteiger partial charge in [0.15, 0.2) is 5.82 Å². The summed E-state index contributed by atoms with van der Waals surface area (Å²) >= 11 is 0. The monoisotopic (exact) mass is 386 g/mol. The number of nitrogens with zero attached hydrogens (tertiary/aromatic N) is 3. The van der Waals surface area contributed by atoms with Gasteiger partial charge in [-0.15, -0.1) is 0 Å². The molecule has 1 amide bonds. The van der Waals surface area contributed by atoms with E-state index in [4.69, 9.17) is 4.74 Å². The lowest BCUT2D eigenvalue weighted by molar-refractivity contribution is -0.117. The van der Waals surface area contributed by atoms with Gasteiger partial charge in [-0.25, -0.2) is 0 Å². The third kappa shape index (κ3) is 4.27. The van der Waals surface area contributed by atoms with Crippen molar-refractivity contribution in [3.63, 3.8) is 0 Å². The Morgan fingerprint density at radius 1 is 1.07 bits per heavy atom. The van der Waals surface area contributed by atoms with Crippen molar-refractivity contribution in [3.8, 4) is 5.75 Å². The van der Waals surface area contributed by atoms with Crippen LogP contribution in [0.25, 0.3) is 10.8 Å². The van der Waals surface area contributed by atoms with Crippen LogP contribution in [0.4, 0.5) is 5.82 Å². The second kappa shape index (κ2) is 8.14. The van der Waals surface area contributed by atoms with E-state index in [1.165, 1.54) is 0 Å². The molecule has 1 N–H and O–H groups in total. The highest BCUT2D eigenvalue weighted by Gasteiger charge is 2.17. The van der Waals surface area contributed by atoms with Crippen molar-refractivity contribution in [1.82, 2.24) is 14.8 Å². The Bertz CT molecular complexity index is 1140. The lowest BCUT2D eigenvalue weighted by Crippen LogP contribution is -2.19. The second-order valence-electron chi connectivity index (χ2n) is 6.94. The summed E-state index contributed by atoms with van der Waals surface area (Å²) in [5.74, 6) is 0.971. The summed E-state index contributed by atoms with van der Waals surface area (Å²) in [6.07, 6.45) is 5.36. The number of anilines is 1. The van der Waals surface area contributed by atoms with Crippen LogP contribution < -0.4 is 10.1 Å². The zero-order valence-electron chi connectivity index (χ0n) is 16.4. The molecule has 4 rings (SSSR count). The molecule has 0 spiro atoms. The molecule has 0 bridgehead atoms. The summed E-state index contributed by atoms with van der Waals surface area (Å²) in [6.45, 7) is 2.52. The molecular formula is C23H22N4O2. The number of amides is 1. The number of ether oxygens (including phenoxy) is 1. The second-order valence-corrected chi connectivity index (χ2v) is 6.94. The maximum Gasteiger partial charge on any atom is 0.232 e. The van der Waals surface area contributed by atoms with Gasteiger partial charge in [-0.2, -0.15) is 5.10 Å². The van der Waals surface area contributed by atoms with Gasteiger partial charge in [0.2, 0.25) is 5.91 Å².